The molecule has 0 amide bonds. The van der Waals surface area contributed by atoms with Crippen molar-refractivity contribution in [1.82, 2.24) is 25.0 Å². The minimum atomic E-state index is -0.135. The summed E-state index contributed by atoms with van der Waals surface area (Å²) in [6, 6.07) is 0. The molecule has 1 fully saturated rings. The van der Waals surface area contributed by atoms with E-state index in [1.165, 1.54) is 0 Å². The number of hydrogen-bond donors (Lipinski definition) is 1. The Kier molecular flexibility index (Phi) is 2.66. The van der Waals surface area contributed by atoms with E-state index >= 15 is 0 Å². The van der Waals surface area contributed by atoms with Gasteiger partial charge in [0.1, 0.15) is 5.69 Å². The molecule has 3 heterocycles. The maximum absolute atomic E-state index is 5.46. The lowest BCUT2D eigenvalue weighted by atomic mass is 9.94. The normalized spacial score (nSPS) is 23.7. The first-order chi connectivity index (χ1) is 8.75. The van der Waals surface area contributed by atoms with E-state index in [1.807, 2.05) is 11.6 Å². The zero-order chi connectivity index (χ0) is 12.6. The zero-order valence-electron chi connectivity index (χ0n) is 10.7. The Bertz CT molecular complexity index is 538. The predicted molar refractivity (Wildman–Crippen MR) is 65.7 cm³/mol. The maximum Gasteiger partial charge on any atom is 0.247 e. The summed E-state index contributed by atoms with van der Waals surface area (Å²) in [5.74, 6) is 1.30. The van der Waals surface area contributed by atoms with E-state index in [1.54, 1.807) is 12.5 Å². The van der Waals surface area contributed by atoms with Crippen LogP contribution in [0.5, 0.6) is 0 Å². The number of nitrogens with one attached hydrogen (secondary N) is 1. The van der Waals surface area contributed by atoms with Gasteiger partial charge in [-0.25, -0.2) is 4.98 Å². The molecule has 1 N–H and O–H groups in total. The average molecular weight is 247 g/mol. The second-order valence-corrected chi connectivity index (χ2v) is 4.78. The van der Waals surface area contributed by atoms with Gasteiger partial charge in [-0.3, -0.25) is 0 Å². The lowest BCUT2D eigenvalue weighted by Crippen LogP contribution is -2.36. The van der Waals surface area contributed by atoms with E-state index in [-0.39, 0.29) is 5.54 Å². The van der Waals surface area contributed by atoms with Gasteiger partial charge in [0.05, 0.1) is 18.1 Å². The van der Waals surface area contributed by atoms with Crippen molar-refractivity contribution in [2.75, 3.05) is 6.54 Å². The number of nitrogens with zero attached hydrogens (tertiary/aromatic N) is 4. The molecule has 0 radical (unpaired) electrons. The summed E-state index contributed by atoms with van der Waals surface area (Å²) in [6.07, 6.45) is 6.64. The van der Waals surface area contributed by atoms with Crippen molar-refractivity contribution in [3.8, 4) is 11.5 Å². The molecule has 1 aliphatic heterocycles. The Balaban J connectivity index is 1.96. The maximum atomic E-state index is 5.46. The van der Waals surface area contributed by atoms with Crippen LogP contribution < -0.4 is 5.32 Å². The lowest BCUT2D eigenvalue weighted by Gasteiger charge is -2.22. The van der Waals surface area contributed by atoms with Crippen molar-refractivity contribution in [2.45, 2.75) is 31.7 Å². The lowest BCUT2D eigenvalue weighted by molar-refractivity contribution is 0.250. The fourth-order valence-electron chi connectivity index (χ4n) is 2.54. The highest BCUT2D eigenvalue weighted by molar-refractivity contribution is 5.47. The summed E-state index contributed by atoms with van der Waals surface area (Å²) in [7, 11) is 1.92. The topological polar surface area (TPSA) is 68.8 Å². The van der Waals surface area contributed by atoms with Crippen LogP contribution >= 0.6 is 0 Å². The van der Waals surface area contributed by atoms with Gasteiger partial charge < -0.3 is 14.4 Å². The zero-order valence-corrected chi connectivity index (χ0v) is 10.7. The first-order valence-corrected chi connectivity index (χ1v) is 6.31. The van der Waals surface area contributed by atoms with Gasteiger partial charge >= 0.3 is 0 Å². The highest BCUT2D eigenvalue weighted by Gasteiger charge is 2.39. The molecule has 6 heteroatoms. The van der Waals surface area contributed by atoms with Crippen LogP contribution in [0.4, 0.5) is 0 Å². The second-order valence-electron chi connectivity index (χ2n) is 4.78. The van der Waals surface area contributed by atoms with Crippen LogP contribution in [0.25, 0.3) is 11.5 Å². The summed E-state index contributed by atoms with van der Waals surface area (Å²) < 4.78 is 7.34. The van der Waals surface area contributed by atoms with Crippen LogP contribution in [0.15, 0.2) is 17.0 Å². The van der Waals surface area contributed by atoms with Crippen LogP contribution in [0.1, 0.15) is 32.1 Å². The summed E-state index contributed by atoms with van der Waals surface area (Å²) in [6.45, 7) is 3.16. The van der Waals surface area contributed by atoms with Gasteiger partial charge in [0.2, 0.25) is 11.7 Å². The minimum Gasteiger partial charge on any atom is -0.337 e. The SMILES string of the molecule is CCC1(c2nc(-c3cncn3C)no2)CCCN1. The number of rotatable bonds is 3. The molecule has 0 bridgehead atoms. The summed E-state index contributed by atoms with van der Waals surface area (Å²) in [5, 5.41) is 7.56. The molecule has 0 spiro atoms. The van der Waals surface area contributed by atoms with Crippen molar-refractivity contribution in [1.29, 1.82) is 0 Å². The Hall–Kier alpha value is -1.69. The Morgan fingerprint density at radius 1 is 1.56 bits per heavy atom. The quantitative estimate of drug-likeness (QED) is 0.889. The Morgan fingerprint density at radius 2 is 2.44 bits per heavy atom. The van der Waals surface area contributed by atoms with Crippen molar-refractivity contribution < 1.29 is 4.52 Å². The van der Waals surface area contributed by atoms with Crippen molar-refractivity contribution in [2.24, 2.45) is 7.05 Å². The molecule has 2 aromatic heterocycles. The number of hydrogen-bond acceptors (Lipinski definition) is 5. The molecule has 0 aliphatic carbocycles. The second kappa shape index (κ2) is 4.20. The van der Waals surface area contributed by atoms with E-state index in [0.29, 0.717) is 11.7 Å². The first-order valence-electron chi connectivity index (χ1n) is 6.31. The number of aryl methyl sites for hydroxylation is 1. The van der Waals surface area contributed by atoms with Gasteiger partial charge in [-0.2, -0.15) is 4.98 Å². The smallest absolute Gasteiger partial charge is 0.247 e. The van der Waals surface area contributed by atoms with Crippen LogP contribution in [-0.4, -0.2) is 26.2 Å². The van der Waals surface area contributed by atoms with Gasteiger partial charge in [-0.05, 0) is 25.8 Å². The van der Waals surface area contributed by atoms with Crippen LogP contribution in [0.2, 0.25) is 0 Å². The van der Waals surface area contributed by atoms with Gasteiger partial charge in [-0.1, -0.05) is 12.1 Å². The van der Waals surface area contributed by atoms with Crippen LogP contribution in [0, 0.1) is 0 Å². The van der Waals surface area contributed by atoms with Gasteiger partial charge in [0, 0.05) is 7.05 Å². The monoisotopic (exact) mass is 247 g/mol. The van der Waals surface area contributed by atoms with E-state index in [0.717, 1.165) is 31.5 Å². The van der Waals surface area contributed by atoms with Gasteiger partial charge in [0.15, 0.2) is 0 Å². The van der Waals surface area contributed by atoms with Crippen molar-refractivity contribution in [3.63, 3.8) is 0 Å². The fraction of sp³-hybridized carbons (Fsp3) is 0.583. The van der Waals surface area contributed by atoms with Crippen LogP contribution in [-0.2, 0) is 12.6 Å². The third kappa shape index (κ3) is 1.64. The minimum absolute atomic E-state index is 0.135. The molecule has 18 heavy (non-hydrogen) atoms. The first kappa shape index (κ1) is 11.4. The molecular weight excluding hydrogens is 230 g/mol. The standard InChI is InChI=1S/C12H17N5O/c1-3-12(5-4-6-14-12)11-15-10(16-18-11)9-7-13-8-17(9)2/h7-8,14H,3-6H2,1-2H3. The highest BCUT2D eigenvalue weighted by Crippen LogP contribution is 2.33. The summed E-state index contributed by atoms with van der Waals surface area (Å²) >= 11 is 0. The summed E-state index contributed by atoms with van der Waals surface area (Å²) in [5.41, 5.74) is 0.735. The van der Waals surface area contributed by atoms with Crippen molar-refractivity contribution in [3.05, 3.63) is 18.4 Å². The van der Waals surface area contributed by atoms with E-state index < -0.39 is 0 Å². The molecule has 0 saturated carbocycles. The average Bonchev–Trinajstić information content (AvgIpc) is 3.08. The molecule has 1 aliphatic rings. The third-order valence-corrected chi connectivity index (χ3v) is 3.73. The molecule has 0 aromatic carbocycles. The largest absolute Gasteiger partial charge is 0.337 e. The van der Waals surface area contributed by atoms with E-state index in [2.05, 4.69) is 27.4 Å². The molecule has 96 valence electrons. The molecular formula is C12H17N5O. The third-order valence-electron chi connectivity index (χ3n) is 3.73. The van der Waals surface area contributed by atoms with Crippen molar-refractivity contribution >= 4 is 0 Å². The Labute approximate surface area is 105 Å². The number of aromatic nitrogens is 4. The molecule has 1 saturated heterocycles. The molecule has 1 atom stereocenters. The molecule has 2 aromatic rings. The number of imidazole rings is 1. The van der Waals surface area contributed by atoms with E-state index in [9.17, 15) is 0 Å². The van der Waals surface area contributed by atoms with E-state index in [4.69, 9.17) is 4.52 Å². The molecule has 3 rings (SSSR count). The fourth-order valence-corrected chi connectivity index (χ4v) is 2.54. The Morgan fingerprint density at radius 3 is 3.06 bits per heavy atom. The highest BCUT2D eigenvalue weighted by atomic mass is 16.5. The molecule has 6 nitrogen and oxygen atoms in total. The van der Waals surface area contributed by atoms with Gasteiger partial charge in [-0.15, -0.1) is 0 Å². The molecule has 1 unspecified atom stereocenters. The predicted octanol–water partition coefficient (Wildman–Crippen LogP) is 1.46. The van der Waals surface area contributed by atoms with Gasteiger partial charge in [0.25, 0.3) is 0 Å². The summed E-state index contributed by atoms with van der Waals surface area (Å²) in [4.78, 5) is 8.61. The van der Waals surface area contributed by atoms with Crippen LogP contribution in [0.3, 0.4) is 0 Å².